The standard InChI is InChI=1S/C28H23ClF3N3O6S2/c1-41-22-12-10-21(11-13-22)35(43(39,40)24-5-3-2-4-6-24)18-27(36)33-19-7-14-23(15-8-19)42(37,38)34-20-9-16-26(29)25(17-20)28(30,31)32/h2-17,34H,18H2,1H3,(H,33,36). The summed E-state index contributed by atoms with van der Waals surface area (Å²) in [5.41, 5.74) is -1.22. The van der Waals surface area contributed by atoms with Gasteiger partial charge in [-0.1, -0.05) is 29.8 Å². The van der Waals surface area contributed by atoms with Crippen LogP contribution in [0.25, 0.3) is 0 Å². The van der Waals surface area contributed by atoms with Crippen molar-refractivity contribution >= 4 is 54.6 Å². The van der Waals surface area contributed by atoms with E-state index in [1.807, 2.05) is 0 Å². The number of halogens is 4. The van der Waals surface area contributed by atoms with Crippen LogP contribution in [-0.2, 0) is 31.0 Å². The molecule has 0 aliphatic rings. The largest absolute Gasteiger partial charge is 0.497 e. The molecule has 4 rings (SSSR count). The maximum atomic E-state index is 13.4. The molecule has 1 amide bonds. The fourth-order valence-electron chi connectivity index (χ4n) is 3.85. The normalized spacial score (nSPS) is 11.9. The topological polar surface area (TPSA) is 122 Å². The smallest absolute Gasteiger partial charge is 0.417 e. The summed E-state index contributed by atoms with van der Waals surface area (Å²) >= 11 is 5.59. The summed E-state index contributed by atoms with van der Waals surface area (Å²) in [4.78, 5) is 12.6. The molecule has 0 unspecified atom stereocenters. The number of sulfonamides is 2. The van der Waals surface area contributed by atoms with Crippen molar-refractivity contribution in [2.45, 2.75) is 16.0 Å². The zero-order valence-electron chi connectivity index (χ0n) is 22.2. The van der Waals surface area contributed by atoms with Gasteiger partial charge in [0.2, 0.25) is 5.91 Å². The van der Waals surface area contributed by atoms with Gasteiger partial charge in [0.1, 0.15) is 12.3 Å². The van der Waals surface area contributed by atoms with Crippen LogP contribution in [0, 0.1) is 0 Å². The van der Waals surface area contributed by atoms with Crippen LogP contribution in [0.15, 0.2) is 107 Å². The first kappa shape index (κ1) is 31.7. The van der Waals surface area contributed by atoms with Crippen molar-refractivity contribution in [3.63, 3.8) is 0 Å². The number of hydrogen-bond donors (Lipinski definition) is 2. The van der Waals surface area contributed by atoms with Crippen molar-refractivity contribution in [2.75, 3.05) is 28.0 Å². The third-order valence-corrected chi connectivity index (χ3v) is 9.47. The number of nitrogens with one attached hydrogen (secondary N) is 2. The van der Waals surface area contributed by atoms with E-state index in [-0.39, 0.29) is 26.9 Å². The molecule has 0 saturated carbocycles. The van der Waals surface area contributed by atoms with Gasteiger partial charge in [0.15, 0.2) is 0 Å². The summed E-state index contributed by atoms with van der Waals surface area (Å²) in [5, 5.41) is 1.94. The fraction of sp³-hybridized carbons (Fsp3) is 0.107. The van der Waals surface area contributed by atoms with Gasteiger partial charge in [0.25, 0.3) is 20.0 Å². The molecular weight excluding hydrogens is 631 g/mol. The second kappa shape index (κ2) is 12.5. The Morgan fingerprint density at radius 1 is 0.837 bits per heavy atom. The molecule has 0 aliphatic carbocycles. The maximum Gasteiger partial charge on any atom is 0.417 e. The maximum absolute atomic E-state index is 13.4. The first-order chi connectivity index (χ1) is 20.2. The molecule has 226 valence electrons. The molecule has 4 aromatic carbocycles. The van der Waals surface area contributed by atoms with Crippen LogP contribution in [0.2, 0.25) is 5.02 Å². The lowest BCUT2D eigenvalue weighted by atomic mass is 10.2. The van der Waals surface area contributed by atoms with Crippen molar-refractivity contribution in [1.82, 2.24) is 0 Å². The van der Waals surface area contributed by atoms with Crippen molar-refractivity contribution in [1.29, 1.82) is 0 Å². The van der Waals surface area contributed by atoms with Gasteiger partial charge in [0, 0.05) is 11.4 Å². The van der Waals surface area contributed by atoms with Gasteiger partial charge in [0.05, 0.1) is 33.2 Å². The number of methoxy groups -OCH3 is 1. The third kappa shape index (κ3) is 7.58. The zero-order chi connectivity index (χ0) is 31.4. The Morgan fingerprint density at radius 2 is 1.44 bits per heavy atom. The fourth-order valence-corrected chi connectivity index (χ4v) is 6.57. The Morgan fingerprint density at radius 3 is 2.02 bits per heavy atom. The van der Waals surface area contributed by atoms with E-state index < -0.39 is 49.3 Å². The highest BCUT2D eigenvalue weighted by Gasteiger charge is 2.34. The SMILES string of the molecule is COc1ccc(N(CC(=O)Nc2ccc(S(=O)(=O)Nc3ccc(Cl)c(C(F)(F)F)c3)cc2)S(=O)(=O)c2ccccc2)cc1. The van der Waals surface area contributed by atoms with E-state index in [1.165, 1.54) is 43.5 Å². The minimum atomic E-state index is -4.79. The summed E-state index contributed by atoms with van der Waals surface area (Å²) in [6, 6.07) is 20.9. The number of hydrogen-bond acceptors (Lipinski definition) is 6. The van der Waals surface area contributed by atoms with E-state index in [4.69, 9.17) is 16.3 Å². The molecule has 15 heteroatoms. The highest BCUT2D eigenvalue weighted by atomic mass is 35.5. The zero-order valence-corrected chi connectivity index (χ0v) is 24.6. The van der Waals surface area contributed by atoms with Crippen molar-refractivity contribution < 1.29 is 39.5 Å². The van der Waals surface area contributed by atoms with E-state index in [0.29, 0.717) is 11.8 Å². The molecule has 9 nitrogen and oxygen atoms in total. The number of carbonyl (C=O) groups is 1. The van der Waals surface area contributed by atoms with Crippen LogP contribution in [0.1, 0.15) is 5.56 Å². The Kier molecular flexibility index (Phi) is 9.23. The van der Waals surface area contributed by atoms with Gasteiger partial charge in [-0.2, -0.15) is 13.2 Å². The van der Waals surface area contributed by atoms with Gasteiger partial charge in [-0.15, -0.1) is 0 Å². The number of carbonyl (C=O) groups excluding carboxylic acids is 1. The Labute approximate surface area is 251 Å². The quantitative estimate of drug-likeness (QED) is 0.217. The summed E-state index contributed by atoms with van der Waals surface area (Å²) in [5.74, 6) is -0.253. The first-order valence-electron chi connectivity index (χ1n) is 12.2. The Bertz CT molecular complexity index is 1820. The van der Waals surface area contributed by atoms with Gasteiger partial charge in [-0.25, -0.2) is 16.8 Å². The molecule has 0 aliphatic heterocycles. The number of benzene rings is 4. The summed E-state index contributed by atoms with van der Waals surface area (Å²) < 4.78 is 100. The van der Waals surface area contributed by atoms with Gasteiger partial charge >= 0.3 is 6.18 Å². The van der Waals surface area contributed by atoms with Crippen molar-refractivity contribution in [3.05, 3.63) is 108 Å². The minimum absolute atomic E-state index is 0.0382. The molecule has 43 heavy (non-hydrogen) atoms. The molecule has 0 heterocycles. The number of amides is 1. The van der Waals surface area contributed by atoms with Crippen LogP contribution in [0.3, 0.4) is 0 Å². The van der Waals surface area contributed by atoms with Crippen molar-refractivity contribution in [2.24, 2.45) is 0 Å². The van der Waals surface area contributed by atoms with E-state index in [2.05, 4.69) is 10.0 Å². The molecule has 0 radical (unpaired) electrons. The van der Waals surface area contributed by atoms with Crippen LogP contribution >= 0.6 is 11.6 Å². The highest BCUT2D eigenvalue weighted by molar-refractivity contribution is 7.93. The Hall–Kier alpha value is -4.27. The molecule has 4 aromatic rings. The number of rotatable bonds is 10. The molecule has 0 bridgehead atoms. The highest BCUT2D eigenvalue weighted by Crippen LogP contribution is 2.36. The molecule has 0 aromatic heterocycles. The van der Waals surface area contributed by atoms with Crippen LogP contribution < -0.4 is 19.1 Å². The predicted octanol–water partition coefficient (Wildman–Crippen LogP) is 6.00. The summed E-state index contributed by atoms with van der Waals surface area (Å²) in [7, 11) is -7.03. The predicted molar refractivity (Wildman–Crippen MR) is 156 cm³/mol. The van der Waals surface area contributed by atoms with Gasteiger partial charge in [-0.05, 0) is 78.9 Å². The van der Waals surface area contributed by atoms with Gasteiger partial charge in [-0.3, -0.25) is 13.8 Å². The monoisotopic (exact) mass is 653 g/mol. The van der Waals surface area contributed by atoms with E-state index in [1.54, 1.807) is 30.3 Å². The lowest BCUT2D eigenvalue weighted by Crippen LogP contribution is -2.38. The molecule has 0 atom stereocenters. The van der Waals surface area contributed by atoms with Crippen LogP contribution in [0.4, 0.5) is 30.2 Å². The Balaban J connectivity index is 1.52. The van der Waals surface area contributed by atoms with E-state index >= 15 is 0 Å². The van der Waals surface area contributed by atoms with E-state index in [9.17, 15) is 34.8 Å². The number of ether oxygens (including phenoxy) is 1. The summed E-state index contributed by atoms with van der Waals surface area (Å²) in [6.07, 6.45) is -4.79. The number of nitrogens with zero attached hydrogens (tertiary/aromatic N) is 1. The molecule has 0 fully saturated rings. The molecule has 0 saturated heterocycles. The lowest BCUT2D eigenvalue weighted by molar-refractivity contribution is -0.137. The van der Waals surface area contributed by atoms with Crippen molar-refractivity contribution in [3.8, 4) is 5.75 Å². The number of alkyl halides is 3. The van der Waals surface area contributed by atoms with Crippen LogP contribution in [-0.4, -0.2) is 36.4 Å². The van der Waals surface area contributed by atoms with Gasteiger partial charge < -0.3 is 10.1 Å². The average molecular weight is 654 g/mol. The molecular formula is C28H23ClF3N3O6S2. The summed E-state index contributed by atoms with van der Waals surface area (Å²) in [6.45, 7) is -0.622. The average Bonchev–Trinajstić information content (AvgIpc) is 2.97. The minimum Gasteiger partial charge on any atom is -0.497 e. The molecule has 0 spiro atoms. The number of anilines is 3. The molecule has 2 N–H and O–H groups in total. The lowest BCUT2D eigenvalue weighted by Gasteiger charge is -2.24. The third-order valence-electron chi connectivity index (χ3n) is 5.95. The second-order valence-corrected chi connectivity index (χ2v) is 12.8. The van der Waals surface area contributed by atoms with E-state index in [0.717, 1.165) is 28.6 Å². The van der Waals surface area contributed by atoms with Crippen LogP contribution in [0.5, 0.6) is 5.75 Å². The second-order valence-electron chi connectivity index (χ2n) is 8.89. The first-order valence-corrected chi connectivity index (χ1v) is 15.5.